The van der Waals surface area contributed by atoms with Gasteiger partial charge in [0.1, 0.15) is 30.9 Å². The van der Waals surface area contributed by atoms with Gasteiger partial charge in [0.15, 0.2) is 5.82 Å². The van der Waals surface area contributed by atoms with Gasteiger partial charge in [-0.3, -0.25) is 33.4 Å². The first-order valence-electron chi connectivity index (χ1n) is 40.5. The monoisotopic (exact) mass is 1700 g/mol. The number of carbonyl (C=O) groups excluding carboxylic acids is 6. The van der Waals surface area contributed by atoms with E-state index in [2.05, 4.69) is 52.4 Å². The molecule has 4 N–H and O–H groups in total. The number of nitrogens with zero attached hydrogens (tertiary/aromatic N) is 10. The standard InChI is InChI=1S/C79H122N14O27/c1-4-102-24-25-107-34-35-108-29-26-103-19-12-72(96)91(61-71(95)82-14-20-104-27-30-109-36-37-112-40-41-114-44-45-116-48-49-118-51-50-117-47-46-115-43-42-113-39-38-111-33-32-106-23-22-100-2)60-70(94)81-13-18-92-59-66(87-89-92)62-120-55-54-119-53-52-110-31-28-105-21-15-83-78(98)76-86-63-93(88-76)77-74-73(69(101-3)58-85-77)68(57-84-74)75(97)79(99)90-16-10-65(11-17-90)67(56-80)64-8-6-5-7-9-64/h5-9,57-59,63,84H,4,10-55,60-62H2,1-3H3,(H,81,94)(H,82,95)(H,83,98). The second kappa shape index (κ2) is 66.1. The number of methoxy groups -OCH3 is 2. The van der Waals surface area contributed by atoms with Gasteiger partial charge >= 0.3 is 0 Å². The molecular weight excluding hydrogens is 1580 g/mol. The summed E-state index contributed by atoms with van der Waals surface area (Å²) in [5, 5.41) is 31.0. The number of Topliss-reactive ketones (excluding diaryl/α,β-unsaturated/α-hetero) is 1. The summed E-state index contributed by atoms with van der Waals surface area (Å²) in [7, 11) is 3.06. The molecule has 1 aromatic carbocycles. The van der Waals surface area contributed by atoms with Gasteiger partial charge in [-0.1, -0.05) is 35.5 Å². The van der Waals surface area contributed by atoms with Gasteiger partial charge in [0.25, 0.3) is 17.6 Å². The van der Waals surface area contributed by atoms with Gasteiger partial charge in [-0.2, -0.15) is 9.94 Å². The molecule has 120 heavy (non-hydrogen) atoms. The number of allylic oxidation sites excluding steroid dienone is 1. The summed E-state index contributed by atoms with van der Waals surface area (Å²) in [6.07, 6.45) is 6.63. The normalized spacial score (nSPS) is 12.2. The number of nitrogens with one attached hydrogen (secondary N) is 4. The summed E-state index contributed by atoms with van der Waals surface area (Å²) in [6, 6.07) is 11.7. The SMILES string of the molecule is CCOCCOCCOCCOCCC(=O)N(CC(=O)NCCOCCOCCOCCOCCOCCOCCOCCOCCOCCOCCOCCOC)CC(=O)NCCn1cc(COCCOCCOCCOCCNC(=O)c2ncn(-c3ncc(OC)c4c(C(=O)C(=O)N5CCC(=C(C#N)c6ccccc6)CC5)c[nH]c34)n2)nn1. The first kappa shape index (κ1) is 100. The van der Waals surface area contributed by atoms with Crippen molar-refractivity contribution in [3.05, 3.63) is 83.5 Å². The van der Waals surface area contributed by atoms with Crippen LogP contribution in [-0.4, -0.2) is 396 Å². The Morgan fingerprint density at radius 1 is 0.525 bits per heavy atom. The molecule has 0 radical (unpaired) electrons. The van der Waals surface area contributed by atoms with Crippen molar-refractivity contribution >= 4 is 51.8 Å². The van der Waals surface area contributed by atoms with E-state index in [4.69, 9.17) is 99.5 Å². The van der Waals surface area contributed by atoms with Crippen molar-refractivity contribution < 1.29 is 128 Å². The Balaban J connectivity index is 0.735. The number of fused-ring (bicyclic) bond motifs is 1. The quantitative estimate of drug-likeness (QED) is 0.0182. The lowest BCUT2D eigenvalue weighted by Crippen LogP contribution is -2.46. The third kappa shape index (κ3) is 43.3. The van der Waals surface area contributed by atoms with E-state index < -0.39 is 35.3 Å². The van der Waals surface area contributed by atoms with Gasteiger partial charge in [0.05, 0.1) is 312 Å². The molecule has 1 saturated heterocycles. The molecule has 1 fully saturated rings. The van der Waals surface area contributed by atoms with Gasteiger partial charge in [-0.05, 0) is 30.9 Å². The smallest absolute Gasteiger partial charge is 0.295 e. The Morgan fingerprint density at radius 2 is 0.967 bits per heavy atom. The van der Waals surface area contributed by atoms with Crippen LogP contribution in [0.1, 0.15) is 58.4 Å². The molecule has 5 amide bonds. The van der Waals surface area contributed by atoms with Crippen LogP contribution in [0.3, 0.4) is 0 Å². The maximum atomic E-state index is 13.8. The van der Waals surface area contributed by atoms with E-state index in [1.165, 1.54) is 40.3 Å². The van der Waals surface area contributed by atoms with Crippen LogP contribution in [0.15, 0.2) is 60.8 Å². The number of rotatable bonds is 76. The fourth-order valence-electron chi connectivity index (χ4n) is 11.0. The van der Waals surface area contributed by atoms with Crippen LogP contribution in [0.2, 0.25) is 0 Å². The van der Waals surface area contributed by atoms with Crippen molar-refractivity contribution in [2.75, 3.05) is 311 Å². The average molecular weight is 1700 g/mol. The highest BCUT2D eigenvalue weighted by molar-refractivity contribution is 6.45. The van der Waals surface area contributed by atoms with Crippen molar-refractivity contribution in [1.82, 2.24) is 65.5 Å². The second-order valence-corrected chi connectivity index (χ2v) is 25.8. The van der Waals surface area contributed by atoms with E-state index >= 15 is 0 Å². The summed E-state index contributed by atoms with van der Waals surface area (Å²) >= 11 is 0. The third-order valence-electron chi connectivity index (χ3n) is 17.1. The van der Waals surface area contributed by atoms with Crippen molar-refractivity contribution in [2.45, 2.75) is 39.3 Å². The minimum atomic E-state index is -0.746. The molecule has 1 aliphatic heterocycles. The maximum absolute atomic E-state index is 13.8. The van der Waals surface area contributed by atoms with Crippen LogP contribution in [0, 0.1) is 11.3 Å². The fraction of sp³-hybridized carbons (Fsp3) is 0.671. The van der Waals surface area contributed by atoms with Crippen molar-refractivity contribution in [1.29, 1.82) is 5.26 Å². The number of benzene rings is 1. The van der Waals surface area contributed by atoms with Gasteiger partial charge in [0.2, 0.25) is 23.5 Å². The number of nitriles is 1. The van der Waals surface area contributed by atoms with Crippen molar-refractivity contribution in [2.24, 2.45) is 0 Å². The number of aromatic nitrogens is 8. The van der Waals surface area contributed by atoms with E-state index in [0.29, 0.717) is 227 Å². The zero-order valence-electron chi connectivity index (χ0n) is 69.5. The summed E-state index contributed by atoms with van der Waals surface area (Å²) < 4.78 is 118. The molecule has 0 saturated carbocycles. The molecule has 5 heterocycles. The zero-order chi connectivity index (χ0) is 85.2. The van der Waals surface area contributed by atoms with Gasteiger partial charge in [-0.15, -0.1) is 10.2 Å². The van der Waals surface area contributed by atoms with E-state index in [-0.39, 0.29) is 148 Å². The lowest BCUT2D eigenvalue weighted by Gasteiger charge is -2.28. The number of pyridine rings is 1. The highest BCUT2D eigenvalue weighted by Gasteiger charge is 2.31. The minimum absolute atomic E-state index is 0.0461. The first-order chi connectivity index (χ1) is 59.0. The van der Waals surface area contributed by atoms with Crippen molar-refractivity contribution in [3.8, 4) is 17.6 Å². The number of likely N-dealkylation sites (tertiary alicyclic amines) is 1. The predicted octanol–water partition coefficient (Wildman–Crippen LogP) is 0.889. The molecule has 670 valence electrons. The number of ether oxygens (including phenoxy) is 21. The maximum Gasteiger partial charge on any atom is 0.295 e. The fourth-order valence-corrected chi connectivity index (χ4v) is 11.0. The largest absolute Gasteiger partial charge is 0.494 e. The van der Waals surface area contributed by atoms with Gasteiger partial charge in [0, 0.05) is 52.6 Å². The molecule has 0 unspecified atom stereocenters. The highest BCUT2D eigenvalue weighted by atomic mass is 16.6. The molecule has 0 aliphatic carbocycles. The Kier molecular flexibility index (Phi) is 55.2. The van der Waals surface area contributed by atoms with Crippen LogP contribution < -0.4 is 20.7 Å². The number of carbonyl (C=O) groups is 6. The van der Waals surface area contributed by atoms with Gasteiger partial charge < -0.3 is 130 Å². The number of hydrogen-bond acceptors (Lipinski definition) is 33. The Hall–Kier alpha value is -8.56. The Bertz CT molecular complexity index is 3650. The molecule has 41 heteroatoms. The highest BCUT2D eigenvalue weighted by Crippen LogP contribution is 2.33. The number of ketones is 1. The van der Waals surface area contributed by atoms with E-state index in [1.54, 1.807) is 18.0 Å². The summed E-state index contributed by atoms with van der Waals surface area (Å²) in [5.74, 6) is -3.11. The topological polar surface area (TPSA) is 453 Å². The van der Waals surface area contributed by atoms with Crippen LogP contribution >= 0.6 is 0 Å². The zero-order valence-corrected chi connectivity index (χ0v) is 69.5. The molecule has 0 spiro atoms. The van der Waals surface area contributed by atoms with Crippen LogP contribution in [0.25, 0.3) is 22.3 Å². The number of hydrogen-bond donors (Lipinski definition) is 4. The number of H-pyrrole nitrogens is 1. The van der Waals surface area contributed by atoms with Crippen LogP contribution in [-0.2, 0) is 127 Å². The van der Waals surface area contributed by atoms with Gasteiger partial charge in [-0.25, -0.2) is 9.97 Å². The molecular formula is C79H122N14O27. The van der Waals surface area contributed by atoms with E-state index in [1.807, 2.05) is 37.3 Å². The van der Waals surface area contributed by atoms with E-state index in [9.17, 15) is 34.0 Å². The lowest BCUT2D eigenvalue weighted by molar-refractivity contribution is -0.140. The number of piperidine rings is 1. The Labute approximate surface area is 699 Å². The third-order valence-corrected chi connectivity index (χ3v) is 17.1. The van der Waals surface area contributed by atoms with Crippen molar-refractivity contribution in [3.63, 3.8) is 0 Å². The molecule has 1 aliphatic rings. The van der Waals surface area contributed by atoms with E-state index in [0.717, 1.165) is 11.1 Å². The molecule has 5 aromatic rings. The molecule has 6 rings (SSSR count). The summed E-state index contributed by atoms with van der Waals surface area (Å²) in [4.78, 5) is 94.4. The first-order valence-corrected chi connectivity index (χ1v) is 40.5. The molecule has 0 atom stereocenters. The summed E-state index contributed by atoms with van der Waals surface area (Å²) in [6.45, 7) is 17.5. The Morgan fingerprint density at radius 3 is 1.43 bits per heavy atom. The average Bonchev–Trinajstić information content (AvgIpc) is 1.60. The number of amides is 5. The lowest BCUT2D eigenvalue weighted by atomic mass is 9.93. The predicted molar refractivity (Wildman–Crippen MR) is 428 cm³/mol. The molecule has 4 aromatic heterocycles. The molecule has 0 bridgehead atoms. The van der Waals surface area contributed by atoms with Crippen LogP contribution in [0.5, 0.6) is 5.75 Å². The van der Waals surface area contributed by atoms with Crippen LogP contribution in [0.4, 0.5) is 0 Å². The second-order valence-electron chi connectivity index (χ2n) is 25.8. The molecule has 41 nitrogen and oxygen atoms in total. The number of aromatic amines is 1. The minimum Gasteiger partial charge on any atom is -0.494 e. The summed E-state index contributed by atoms with van der Waals surface area (Å²) in [5.41, 5.74) is 3.29.